The summed E-state index contributed by atoms with van der Waals surface area (Å²) in [6.07, 6.45) is -5.11. The monoisotopic (exact) mass is 478 g/mol. The van der Waals surface area contributed by atoms with Gasteiger partial charge in [-0.05, 0) is 35.9 Å². The summed E-state index contributed by atoms with van der Waals surface area (Å²) in [5.74, 6) is -1.58. The van der Waals surface area contributed by atoms with E-state index in [0.717, 1.165) is 6.07 Å². The Morgan fingerprint density at radius 2 is 1.62 bits per heavy atom. The second-order valence-electron chi connectivity index (χ2n) is 7.44. The van der Waals surface area contributed by atoms with Gasteiger partial charge in [0.2, 0.25) is 12.0 Å². The molecule has 1 aliphatic heterocycles. The number of ketones is 1. The fourth-order valence-corrected chi connectivity index (χ4v) is 3.36. The quantitative estimate of drug-likeness (QED) is 0.173. The van der Waals surface area contributed by atoms with Crippen molar-refractivity contribution in [1.82, 2.24) is 0 Å². The van der Waals surface area contributed by atoms with E-state index in [2.05, 4.69) is 0 Å². The Morgan fingerprint density at radius 3 is 2.26 bits per heavy atom. The Kier molecular flexibility index (Phi) is 7.97. The number of aliphatic hydroxyl groups excluding tert-OH is 4. The molecule has 5 atom stereocenters. The van der Waals surface area contributed by atoms with Gasteiger partial charge in [-0.3, -0.25) is 4.79 Å². The Balaban J connectivity index is 1.77. The highest BCUT2D eigenvalue weighted by Crippen LogP contribution is 2.40. The molecule has 6 N–H and O–H groups in total. The fraction of sp³-hybridized carbons (Fsp3) is 0.348. The minimum Gasteiger partial charge on any atom is -0.504 e. The van der Waals surface area contributed by atoms with Crippen LogP contribution in [0.25, 0.3) is 6.08 Å². The minimum atomic E-state index is -1.72. The van der Waals surface area contributed by atoms with Gasteiger partial charge in [-0.25, -0.2) is 0 Å². The first-order valence-corrected chi connectivity index (χ1v) is 10.2. The van der Waals surface area contributed by atoms with E-state index in [1.807, 2.05) is 0 Å². The number of hydrogen-bond donors (Lipinski definition) is 6. The van der Waals surface area contributed by atoms with Crippen LogP contribution in [0.1, 0.15) is 15.9 Å². The number of carbonyl (C=O) groups excluding carboxylic acids is 1. The summed E-state index contributed by atoms with van der Waals surface area (Å²) >= 11 is 0. The van der Waals surface area contributed by atoms with Crippen LogP contribution in [0.2, 0.25) is 0 Å². The molecule has 2 aromatic carbocycles. The van der Waals surface area contributed by atoms with Gasteiger partial charge in [-0.2, -0.15) is 0 Å². The number of allylic oxidation sites excluding steroid dienone is 1. The SMILES string of the molecule is COc1ccc(/C=C/C(=O)c2ccc(O[C@@H]3O[C@H](CO)[C@@H](O)[C@H](O)[C@H]3O)c(O)c2O)cc1OC. The molecule has 184 valence electrons. The third kappa shape index (κ3) is 5.08. The molecular weight excluding hydrogens is 452 g/mol. The topological polar surface area (TPSA) is 175 Å². The first-order valence-electron chi connectivity index (χ1n) is 10.2. The highest BCUT2D eigenvalue weighted by Gasteiger charge is 2.45. The van der Waals surface area contributed by atoms with Crippen LogP contribution in [0.15, 0.2) is 36.4 Å². The van der Waals surface area contributed by atoms with Gasteiger partial charge in [-0.15, -0.1) is 0 Å². The summed E-state index contributed by atoms with van der Waals surface area (Å²) < 4.78 is 20.9. The van der Waals surface area contributed by atoms with E-state index in [0.29, 0.717) is 17.1 Å². The zero-order valence-corrected chi connectivity index (χ0v) is 18.4. The van der Waals surface area contributed by atoms with Crippen molar-refractivity contribution in [3.63, 3.8) is 0 Å². The Bertz CT molecular complexity index is 1050. The van der Waals surface area contributed by atoms with Crippen molar-refractivity contribution in [3.8, 4) is 28.7 Å². The molecule has 0 spiro atoms. The lowest BCUT2D eigenvalue weighted by atomic mass is 9.99. The molecule has 3 rings (SSSR count). The number of phenolic OH excluding ortho intramolecular Hbond substituents is 2. The van der Waals surface area contributed by atoms with Crippen molar-refractivity contribution in [2.24, 2.45) is 0 Å². The largest absolute Gasteiger partial charge is 0.504 e. The molecule has 11 nitrogen and oxygen atoms in total. The molecule has 0 amide bonds. The van der Waals surface area contributed by atoms with Gasteiger partial charge in [0.15, 0.2) is 28.8 Å². The molecule has 1 fully saturated rings. The van der Waals surface area contributed by atoms with Gasteiger partial charge in [0.25, 0.3) is 0 Å². The average Bonchev–Trinajstić information content (AvgIpc) is 2.85. The number of aromatic hydroxyl groups is 2. The van der Waals surface area contributed by atoms with Crippen LogP contribution >= 0.6 is 0 Å². The summed E-state index contributed by atoms with van der Waals surface area (Å²) in [5, 5.41) is 59.6. The predicted molar refractivity (Wildman–Crippen MR) is 117 cm³/mol. The van der Waals surface area contributed by atoms with E-state index in [9.17, 15) is 35.4 Å². The maximum atomic E-state index is 12.6. The molecule has 0 aliphatic carbocycles. The van der Waals surface area contributed by atoms with Crippen LogP contribution in [0, 0.1) is 0 Å². The highest BCUT2D eigenvalue weighted by molar-refractivity contribution is 6.09. The van der Waals surface area contributed by atoms with Crippen molar-refractivity contribution in [3.05, 3.63) is 47.5 Å². The van der Waals surface area contributed by atoms with E-state index in [4.69, 9.17) is 18.9 Å². The lowest BCUT2D eigenvalue weighted by molar-refractivity contribution is -0.277. The second-order valence-corrected chi connectivity index (χ2v) is 7.44. The number of hydrogen-bond acceptors (Lipinski definition) is 11. The summed E-state index contributed by atoms with van der Waals surface area (Å²) in [6, 6.07) is 7.36. The molecule has 11 heteroatoms. The fourth-order valence-electron chi connectivity index (χ4n) is 3.36. The molecule has 34 heavy (non-hydrogen) atoms. The van der Waals surface area contributed by atoms with E-state index in [-0.39, 0.29) is 11.3 Å². The van der Waals surface area contributed by atoms with E-state index >= 15 is 0 Å². The normalized spacial score (nSPS) is 24.7. The number of carbonyl (C=O) groups is 1. The van der Waals surface area contributed by atoms with Crippen LogP contribution in [-0.4, -0.2) is 88.0 Å². The minimum absolute atomic E-state index is 0.227. The van der Waals surface area contributed by atoms with Crippen LogP contribution in [0.4, 0.5) is 0 Å². The second kappa shape index (κ2) is 10.7. The van der Waals surface area contributed by atoms with Gasteiger partial charge in [0.05, 0.1) is 26.4 Å². The Labute approximate surface area is 194 Å². The third-order valence-corrected chi connectivity index (χ3v) is 5.31. The van der Waals surface area contributed by atoms with Crippen molar-refractivity contribution < 1.29 is 54.4 Å². The number of benzene rings is 2. The number of ether oxygens (including phenoxy) is 4. The van der Waals surface area contributed by atoms with E-state index in [1.54, 1.807) is 18.2 Å². The third-order valence-electron chi connectivity index (χ3n) is 5.31. The standard InChI is InChI=1S/C23H26O11/c1-31-14-7-4-11(9-16(14)32-2)3-6-13(25)12-5-8-15(19(27)18(12)26)33-23-22(30)21(29)20(28)17(10-24)34-23/h3-9,17,20-24,26-30H,10H2,1-2H3/b6-3+/t17-,20-,21+,22-,23-/m1/s1. The maximum absolute atomic E-state index is 12.6. The summed E-state index contributed by atoms with van der Waals surface area (Å²) in [5.41, 5.74) is 0.396. The van der Waals surface area contributed by atoms with Gasteiger partial charge in [0, 0.05) is 0 Å². The Morgan fingerprint density at radius 1 is 0.941 bits per heavy atom. The smallest absolute Gasteiger partial charge is 0.229 e. The molecule has 1 saturated heterocycles. The molecule has 0 radical (unpaired) electrons. The average molecular weight is 478 g/mol. The zero-order valence-electron chi connectivity index (χ0n) is 18.4. The van der Waals surface area contributed by atoms with Crippen LogP contribution in [-0.2, 0) is 4.74 Å². The van der Waals surface area contributed by atoms with Crippen LogP contribution in [0.5, 0.6) is 28.7 Å². The predicted octanol–water partition coefficient (Wildman–Crippen LogP) is 0.190. The molecule has 2 aromatic rings. The van der Waals surface area contributed by atoms with Gasteiger partial charge in [0.1, 0.15) is 24.4 Å². The first-order chi connectivity index (χ1) is 16.2. The first kappa shape index (κ1) is 25.3. The number of aliphatic hydroxyl groups is 4. The van der Waals surface area contributed by atoms with Gasteiger partial charge in [-0.1, -0.05) is 12.1 Å². The molecule has 1 aliphatic rings. The molecule has 0 bridgehead atoms. The van der Waals surface area contributed by atoms with Crippen LogP contribution in [0.3, 0.4) is 0 Å². The summed E-state index contributed by atoms with van der Waals surface area (Å²) in [4.78, 5) is 12.6. The van der Waals surface area contributed by atoms with Crippen molar-refractivity contribution in [1.29, 1.82) is 0 Å². The highest BCUT2D eigenvalue weighted by atomic mass is 16.7. The van der Waals surface area contributed by atoms with Crippen LogP contribution < -0.4 is 14.2 Å². The maximum Gasteiger partial charge on any atom is 0.229 e. The number of phenols is 2. The molecule has 1 heterocycles. The van der Waals surface area contributed by atoms with Crippen molar-refractivity contribution in [2.75, 3.05) is 20.8 Å². The molecule has 0 unspecified atom stereocenters. The van der Waals surface area contributed by atoms with E-state index in [1.165, 1.54) is 32.4 Å². The summed E-state index contributed by atoms with van der Waals surface area (Å²) in [7, 11) is 2.97. The molecule has 0 aromatic heterocycles. The number of rotatable bonds is 8. The van der Waals surface area contributed by atoms with Crippen molar-refractivity contribution >= 4 is 11.9 Å². The van der Waals surface area contributed by atoms with Gasteiger partial charge < -0.3 is 49.6 Å². The lowest BCUT2D eigenvalue weighted by Gasteiger charge is -2.39. The van der Waals surface area contributed by atoms with Crippen molar-refractivity contribution in [2.45, 2.75) is 30.7 Å². The molecule has 0 saturated carbocycles. The van der Waals surface area contributed by atoms with Gasteiger partial charge >= 0.3 is 0 Å². The molecular formula is C23H26O11. The number of methoxy groups -OCH3 is 2. The summed E-state index contributed by atoms with van der Waals surface area (Å²) in [6.45, 7) is -0.665. The lowest BCUT2D eigenvalue weighted by Crippen LogP contribution is -2.60. The zero-order chi connectivity index (χ0) is 25.0. The van der Waals surface area contributed by atoms with E-state index < -0.39 is 54.6 Å². The Hall–Kier alpha value is -3.35.